The van der Waals surface area contributed by atoms with Crippen LogP contribution in [0.4, 0.5) is 0 Å². The molecule has 1 saturated heterocycles. The van der Waals surface area contributed by atoms with E-state index in [2.05, 4.69) is 15.9 Å². The van der Waals surface area contributed by atoms with E-state index in [1.54, 1.807) is 24.3 Å². The molecule has 1 aliphatic rings. The quantitative estimate of drug-likeness (QED) is 0.138. The first kappa shape index (κ1) is 33.8. The highest BCUT2D eigenvalue weighted by molar-refractivity contribution is 9.08. The largest absolute Gasteiger partial charge is 0.463 e. The van der Waals surface area contributed by atoms with Crippen LogP contribution in [0.2, 0.25) is 0 Å². The molecule has 13 nitrogen and oxygen atoms in total. The van der Waals surface area contributed by atoms with Gasteiger partial charge in [0.2, 0.25) is 12.4 Å². The summed E-state index contributed by atoms with van der Waals surface area (Å²) in [6, 6.07) is 12.4. The predicted octanol–water partition coefficient (Wildman–Crippen LogP) is 2.95. The number of hydrogen-bond acceptors (Lipinski definition) is 13. The summed E-state index contributed by atoms with van der Waals surface area (Å²) in [6.45, 7) is 4.09. The highest BCUT2D eigenvalue weighted by atomic mass is 79.9. The van der Waals surface area contributed by atoms with Gasteiger partial charge in [0.25, 0.3) is 0 Å². The monoisotopic (exact) mass is 686 g/mol. The van der Waals surface area contributed by atoms with Crippen LogP contribution in [0.1, 0.15) is 38.8 Å². The van der Waals surface area contributed by atoms with Crippen molar-refractivity contribution in [3.8, 4) is 11.5 Å². The van der Waals surface area contributed by atoms with Gasteiger partial charge < -0.3 is 32.6 Å². The number of hydrogen-bond donors (Lipinski definition) is 0. The minimum atomic E-state index is -3.99. The van der Waals surface area contributed by atoms with Gasteiger partial charge in [0.05, 0.1) is 0 Å². The molecule has 0 unspecified atom stereocenters. The Balaban J connectivity index is 1.82. The molecule has 0 amide bonds. The molecule has 5 atom stereocenters. The fourth-order valence-corrected chi connectivity index (χ4v) is 5.53. The molecule has 0 aromatic heterocycles. The van der Waals surface area contributed by atoms with E-state index in [1.165, 1.54) is 24.3 Å². The number of carbonyl (C=O) groups is 4. The van der Waals surface area contributed by atoms with E-state index in [0.717, 1.165) is 33.3 Å². The van der Waals surface area contributed by atoms with Gasteiger partial charge in [0, 0.05) is 33.0 Å². The number of halogens is 1. The van der Waals surface area contributed by atoms with Crippen LogP contribution in [-0.2, 0) is 64.1 Å². The number of esters is 4. The van der Waals surface area contributed by atoms with Gasteiger partial charge in [-0.25, -0.2) is 0 Å². The van der Waals surface area contributed by atoms with Crippen LogP contribution in [0.25, 0.3) is 0 Å². The highest BCUT2D eigenvalue weighted by Crippen LogP contribution is 2.31. The van der Waals surface area contributed by atoms with Gasteiger partial charge in [0.15, 0.2) is 12.2 Å². The van der Waals surface area contributed by atoms with Crippen molar-refractivity contribution >= 4 is 49.9 Å². The van der Waals surface area contributed by atoms with Crippen molar-refractivity contribution in [2.24, 2.45) is 0 Å². The van der Waals surface area contributed by atoms with Crippen LogP contribution in [0, 0.1) is 0 Å². The molecule has 2 aromatic carbocycles. The van der Waals surface area contributed by atoms with Crippen molar-refractivity contribution in [2.45, 2.75) is 69.5 Å². The first-order valence-electron chi connectivity index (χ1n) is 12.9. The molecule has 0 bridgehead atoms. The van der Waals surface area contributed by atoms with Crippen molar-refractivity contribution in [3.63, 3.8) is 0 Å². The Bertz CT molecular complexity index is 1390. The van der Waals surface area contributed by atoms with E-state index in [9.17, 15) is 27.6 Å². The molecule has 2 aromatic rings. The van der Waals surface area contributed by atoms with Crippen molar-refractivity contribution in [2.75, 3.05) is 6.61 Å². The maximum Gasteiger partial charge on any atom is 0.313 e. The second kappa shape index (κ2) is 15.2. The minimum Gasteiger partial charge on any atom is -0.463 e. The molecular weight excluding hydrogens is 656 g/mol. The molecule has 0 aliphatic carbocycles. The van der Waals surface area contributed by atoms with Gasteiger partial charge in [-0.1, -0.05) is 40.2 Å². The number of alkyl halides is 1. The SMILES string of the molecule is CC(=O)OC[C@H]1O[C@@H](Oc2ccc(CS(=O)(=O)Oc3ccc(CBr)cc3)cc2)[C@H](OC(C)=O)[C@@H](OC(C)=O)[C@H]1OC(C)=O. The maximum absolute atomic E-state index is 12.6. The van der Waals surface area contributed by atoms with Crippen LogP contribution in [0.5, 0.6) is 11.5 Å². The number of carbonyl (C=O) groups excluding carboxylic acids is 4. The lowest BCUT2D eigenvalue weighted by Crippen LogP contribution is -2.63. The zero-order valence-electron chi connectivity index (χ0n) is 23.7. The van der Waals surface area contributed by atoms with Gasteiger partial charge in [-0.3, -0.25) is 19.2 Å². The van der Waals surface area contributed by atoms with E-state index in [-0.39, 0.29) is 11.5 Å². The Morgan fingerprint density at radius 3 is 1.77 bits per heavy atom. The average molecular weight is 688 g/mol. The Labute approximate surface area is 256 Å². The fourth-order valence-electron chi connectivity index (χ4n) is 4.10. The second-order valence-corrected chi connectivity index (χ2v) is 11.5. The summed E-state index contributed by atoms with van der Waals surface area (Å²) >= 11 is 3.32. The number of rotatable bonds is 12. The third kappa shape index (κ3) is 10.5. The third-order valence-corrected chi connectivity index (χ3v) is 7.55. The fraction of sp³-hybridized carbons (Fsp3) is 0.429. The Kier molecular flexibility index (Phi) is 11.9. The second-order valence-electron chi connectivity index (χ2n) is 9.39. The Hall–Kier alpha value is -3.69. The molecule has 43 heavy (non-hydrogen) atoms. The van der Waals surface area contributed by atoms with Crippen molar-refractivity contribution in [1.29, 1.82) is 0 Å². The molecular formula is C28H31BrO13S. The van der Waals surface area contributed by atoms with E-state index in [4.69, 9.17) is 32.6 Å². The summed E-state index contributed by atoms with van der Waals surface area (Å²) < 4.78 is 63.3. The third-order valence-electron chi connectivity index (χ3n) is 5.77. The summed E-state index contributed by atoms with van der Waals surface area (Å²) in [6.07, 6.45) is -6.74. The predicted molar refractivity (Wildman–Crippen MR) is 151 cm³/mol. The Morgan fingerprint density at radius 1 is 0.721 bits per heavy atom. The molecule has 234 valence electrons. The molecule has 0 saturated carbocycles. The van der Waals surface area contributed by atoms with Gasteiger partial charge in [0.1, 0.15) is 30.0 Å². The lowest BCUT2D eigenvalue weighted by molar-refractivity contribution is -0.288. The van der Waals surface area contributed by atoms with Crippen LogP contribution in [0.15, 0.2) is 48.5 Å². The van der Waals surface area contributed by atoms with Crippen LogP contribution >= 0.6 is 15.9 Å². The van der Waals surface area contributed by atoms with E-state index in [1.807, 2.05) is 0 Å². The summed E-state index contributed by atoms with van der Waals surface area (Å²) in [4.78, 5) is 47.3. The smallest absolute Gasteiger partial charge is 0.313 e. The van der Waals surface area contributed by atoms with Crippen molar-refractivity contribution < 1.29 is 60.2 Å². The van der Waals surface area contributed by atoms with Gasteiger partial charge in [-0.15, -0.1) is 0 Å². The normalized spacial score (nSPS) is 21.7. The highest BCUT2D eigenvalue weighted by Gasteiger charge is 2.53. The first-order valence-corrected chi connectivity index (χ1v) is 15.6. The Morgan fingerprint density at radius 2 is 1.23 bits per heavy atom. The molecule has 1 aliphatic heterocycles. The van der Waals surface area contributed by atoms with Gasteiger partial charge >= 0.3 is 34.0 Å². The summed E-state index contributed by atoms with van der Waals surface area (Å²) in [5.74, 6) is -3.07. The standard InChI is InChI=1S/C28H31BrO13S/c1-16(30)36-14-24-25(37-17(2)31)26(38-18(3)32)27(39-19(4)33)28(41-24)40-22-9-7-21(8-10-22)15-43(34,35)42-23-11-5-20(13-29)6-12-23/h5-12,24-28H,13-15H2,1-4H3/t24-,25+,26+,27-,28-/m1/s1. The molecule has 0 radical (unpaired) electrons. The molecule has 0 N–H and O–H groups in total. The van der Waals surface area contributed by atoms with Crippen molar-refractivity contribution in [3.05, 3.63) is 59.7 Å². The van der Waals surface area contributed by atoms with Gasteiger partial charge in [-0.05, 0) is 35.4 Å². The van der Waals surface area contributed by atoms with E-state index >= 15 is 0 Å². The minimum absolute atomic E-state index is 0.160. The molecule has 0 spiro atoms. The van der Waals surface area contributed by atoms with Crippen LogP contribution in [0.3, 0.4) is 0 Å². The zero-order chi connectivity index (χ0) is 31.7. The topological polar surface area (TPSA) is 167 Å². The molecule has 15 heteroatoms. The number of ether oxygens (including phenoxy) is 6. The summed E-state index contributed by atoms with van der Waals surface area (Å²) in [5, 5.41) is 0.617. The zero-order valence-corrected chi connectivity index (χ0v) is 26.1. The number of benzene rings is 2. The summed E-state index contributed by atoms with van der Waals surface area (Å²) in [7, 11) is -3.99. The van der Waals surface area contributed by atoms with E-state index in [0.29, 0.717) is 10.9 Å². The van der Waals surface area contributed by atoms with Crippen molar-refractivity contribution in [1.82, 2.24) is 0 Å². The molecule has 1 heterocycles. The molecule has 3 rings (SSSR count). The van der Waals surface area contributed by atoms with E-state index < -0.39 is 77.1 Å². The maximum atomic E-state index is 12.6. The van der Waals surface area contributed by atoms with Crippen LogP contribution < -0.4 is 8.92 Å². The molecule has 1 fully saturated rings. The van der Waals surface area contributed by atoms with Gasteiger partial charge in [-0.2, -0.15) is 8.42 Å². The first-order chi connectivity index (χ1) is 20.3. The average Bonchev–Trinajstić information content (AvgIpc) is 2.91. The lowest BCUT2D eigenvalue weighted by Gasteiger charge is -2.43. The summed E-state index contributed by atoms with van der Waals surface area (Å²) in [5.41, 5.74) is 1.34. The lowest BCUT2D eigenvalue weighted by atomic mass is 9.98. The van der Waals surface area contributed by atoms with Crippen LogP contribution in [-0.4, -0.2) is 69.6 Å².